The summed E-state index contributed by atoms with van der Waals surface area (Å²) in [6.07, 6.45) is 0.442. The quantitative estimate of drug-likeness (QED) is 0.508. The average molecular weight is 275 g/mol. The second-order valence-corrected chi connectivity index (χ2v) is 4.81. The lowest BCUT2D eigenvalue weighted by atomic mass is 10.2. The zero-order valence-electron chi connectivity index (χ0n) is 11.6. The van der Waals surface area contributed by atoms with Crippen molar-refractivity contribution in [2.45, 2.75) is 38.8 Å². The monoisotopic (exact) mass is 275 g/mol. The Kier molecular flexibility index (Phi) is 6.92. The topological polar surface area (TPSA) is 105 Å². The van der Waals surface area contributed by atoms with Crippen LogP contribution in [0.4, 0.5) is 4.79 Å². The Balaban J connectivity index is 4.61. The van der Waals surface area contributed by atoms with Crippen LogP contribution >= 0.6 is 0 Å². The molecule has 19 heavy (non-hydrogen) atoms. The number of carbonyl (C=O) groups is 2. The minimum absolute atomic E-state index is 0.0156. The third kappa shape index (κ3) is 8.04. The molecule has 7 heteroatoms. The Hall–Kier alpha value is -1.76. The van der Waals surface area contributed by atoms with Crippen LogP contribution in [-0.4, -0.2) is 47.6 Å². The first kappa shape index (κ1) is 17.2. The normalized spacial score (nSPS) is 13.6. The largest absolute Gasteiger partial charge is 0.510 e. The van der Waals surface area contributed by atoms with Crippen LogP contribution in [0, 0.1) is 0 Å². The van der Waals surface area contributed by atoms with Crippen LogP contribution in [0.5, 0.6) is 0 Å². The smallest absolute Gasteiger partial charge is 0.408 e. The van der Waals surface area contributed by atoms with Crippen molar-refractivity contribution in [1.82, 2.24) is 5.32 Å². The van der Waals surface area contributed by atoms with Crippen molar-refractivity contribution < 1.29 is 29.3 Å². The number of aliphatic hydroxyl groups is 2. The van der Waals surface area contributed by atoms with E-state index in [1.54, 1.807) is 20.8 Å². The Morgan fingerprint density at radius 3 is 2.37 bits per heavy atom. The van der Waals surface area contributed by atoms with E-state index in [0.29, 0.717) is 0 Å². The fraction of sp³-hybridized carbons (Fsp3) is 0.667. The molecule has 0 unspecified atom stereocenters. The molecule has 7 nitrogen and oxygen atoms in total. The molecule has 3 N–H and O–H groups in total. The molecule has 0 rings (SSSR count). The summed E-state index contributed by atoms with van der Waals surface area (Å²) >= 11 is 0. The van der Waals surface area contributed by atoms with Crippen molar-refractivity contribution in [2.24, 2.45) is 0 Å². The molecule has 0 aliphatic rings. The molecular formula is C12H21NO6. The third-order valence-corrected chi connectivity index (χ3v) is 1.93. The van der Waals surface area contributed by atoms with Crippen molar-refractivity contribution in [2.75, 3.05) is 13.7 Å². The molecule has 1 amide bonds. The van der Waals surface area contributed by atoms with Crippen molar-refractivity contribution in [3.8, 4) is 0 Å². The van der Waals surface area contributed by atoms with Crippen molar-refractivity contribution >= 4 is 12.1 Å². The average Bonchev–Trinajstić information content (AvgIpc) is 2.30. The van der Waals surface area contributed by atoms with E-state index < -0.39 is 30.3 Å². The van der Waals surface area contributed by atoms with E-state index in [9.17, 15) is 9.59 Å². The molecule has 0 radical (unpaired) electrons. The van der Waals surface area contributed by atoms with Crippen molar-refractivity contribution in [3.63, 3.8) is 0 Å². The summed E-state index contributed by atoms with van der Waals surface area (Å²) < 4.78 is 9.53. The maximum atomic E-state index is 11.5. The predicted molar refractivity (Wildman–Crippen MR) is 67.6 cm³/mol. The van der Waals surface area contributed by atoms with E-state index in [2.05, 4.69) is 10.1 Å². The molecule has 0 heterocycles. The first-order valence-electron chi connectivity index (χ1n) is 5.75. The molecule has 0 bridgehead atoms. The number of rotatable bonds is 5. The summed E-state index contributed by atoms with van der Waals surface area (Å²) in [6, 6.07) is -0.992. The highest BCUT2D eigenvalue weighted by Gasteiger charge is 2.24. The molecule has 0 fully saturated rings. The molecule has 110 valence electrons. The molecule has 1 atom stereocenters. The highest BCUT2D eigenvalue weighted by Crippen LogP contribution is 2.08. The van der Waals surface area contributed by atoms with Gasteiger partial charge in [-0.1, -0.05) is 0 Å². The number of methoxy groups -OCH3 is 1. The van der Waals surface area contributed by atoms with E-state index in [0.717, 1.165) is 0 Å². The van der Waals surface area contributed by atoms with Crippen LogP contribution in [-0.2, 0) is 14.3 Å². The number of esters is 1. The summed E-state index contributed by atoms with van der Waals surface area (Å²) in [5.41, 5.74) is -0.687. The second kappa shape index (κ2) is 7.63. The van der Waals surface area contributed by atoms with E-state index in [4.69, 9.17) is 14.9 Å². The number of alkyl carbamates (subject to hydrolysis) is 1. The lowest BCUT2D eigenvalue weighted by Gasteiger charge is -2.22. The number of ether oxygens (including phenoxy) is 2. The van der Waals surface area contributed by atoms with Gasteiger partial charge in [0.2, 0.25) is 0 Å². The summed E-state index contributed by atoms with van der Waals surface area (Å²) in [6.45, 7) is 4.53. The van der Waals surface area contributed by atoms with Crippen LogP contribution < -0.4 is 5.32 Å². The molecule has 0 spiro atoms. The lowest BCUT2D eigenvalue weighted by molar-refractivity contribution is -0.143. The zero-order valence-corrected chi connectivity index (χ0v) is 11.6. The van der Waals surface area contributed by atoms with Crippen LogP contribution in [0.1, 0.15) is 27.2 Å². The summed E-state index contributed by atoms with van der Waals surface area (Å²) in [4.78, 5) is 23.0. The van der Waals surface area contributed by atoms with Crippen LogP contribution in [0.2, 0.25) is 0 Å². The maximum absolute atomic E-state index is 11.5. The van der Waals surface area contributed by atoms with E-state index in [1.165, 1.54) is 13.2 Å². The number of hydrogen-bond acceptors (Lipinski definition) is 6. The molecule has 0 aromatic heterocycles. The van der Waals surface area contributed by atoms with E-state index >= 15 is 0 Å². The standard InChI is InChI=1S/C12H21NO6/c1-12(2,3)19-11(17)13-9(10(16)18-4)6-5-8(15)7-14/h5,9,14-15H,6-7H2,1-4H3,(H,13,17)/b8-5-/t9-/m0/s1. The zero-order chi connectivity index (χ0) is 15.1. The maximum Gasteiger partial charge on any atom is 0.408 e. The Bertz CT molecular complexity index is 345. The summed E-state index contributed by atoms with van der Waals surface area (Å²) in [5, 5.41) is 20.1. The second-order valence-electron chi connectivity index (χ2n) is 4.81. The highest BCUT2D eigenvalue weighted by molar-refractivity contribution is 5.81. The number of aliphatic hydroxyl groups excluding tert-OH is 2. The Morgan fingerprint density at radius 2 is 1.95 bits per heavy atom. The van der Waals surface area contributed by atoms with E-state index in [-0.39, 0.29) is 12.2 Å². The Labute approximate surface area is 112 Å². The number of hydrogen-bond donors (Lipinski definition) is 3. The number of amides is 1. The van der Waals surface area contributed by atoms with Gasteiger partial charge in [-0.3, -0.25) is 0 Å². The fourth-order valence-corrected chi connectivity index (χ4v) is 1.12. The molecule has 0 aliphatic carbocycles. The van der Waals surface area contributed by atoms with Crippen LogP contribution in [0.25, 0.3) is 0 Å². The minimum atomic E-state index is -0.992. The van der Waals surface area contributed by atoms with Gasteiger partial charge in [0.1, 0.15) is 17.4 Å². The van der Waals surface area contributed by atoms with Gasteiger partial charge in [0.25, 0.3) is 0 Å². The van der Waals surface area contributed by atoms with Gasteiger partial charge < -0.3 is 25.0 Å². The molecule has 0 saturated carbocycles. The van der Waals surface area contributed by atoms with Gasteiger partial charge in [0, 0.05) is 6.42 Å². The summed E-state index contributed by atoms with van der Waals surface area (Å²) in [5.74, 6) is -0.965. The van der Waals surface area contributed by atoms with Crippen molar-refractivity contribution in [3.05, 3.63) is 11.8 Å². The number of nitrogens with one attached hydrogen (secondary N) is 1. The van der Waals surface area contributed by atoms with Gasteiger partial charge in [-0.2, -0.15) is 0 Å². The van der Waals surface area contributed by atoms with Crippen LogP contribution in [0.3, 0.4) is 0 Å². The van der Waals surface area contributed by atoms with Gasteiger partial charge in [0.15, 0.2) is 0 Å². The third-order valence-electron chi connectivity index (χ3n) is 1.93. The van der Waals surface area contributed by atoms with Gasteiger partial charge in [-0.25, -0.2) is 9.59 Å². The van der Waals surface area contributed by atoms with Gasteiger partial charge >= 0.3 is 12.1 Å². The molecular weight excluding hydrogens is 254 g/mol. The van der Waals surface area contributed by atoms with Crippen LogP contribution in [0.15, 0.2) is 11.8 Å². The Morgan fingerprint density at radius 1 is 1.37 bits per heavy atom. The van der Waals surface area contributed by atoms with Gasteiger partial charge in [-0.05, 0) is 26.8 Å². The minimum Gasteiger partial charge on any atom is -0.510 e. The fourth-order valence-electron chi connectivity index (χ4n) is 1.12. The summed E-state index contributed by atoms with van der Waals surface area (Å²) in [7, 11) is 1.18. The molecule has 0 aromatic carbocycles. The first-order valence-corrected chi connectivity index (χ1v) is 5.75. The first-order chi connectivity index (χ1) is 8.69. The SMILES string of the molecule is COC(=O)[C@H](C/C=C(\O)CO)NC(=O)OC(C)(C)C. The van der Waals surface area contributed by atoms with E-state index in [1.807, 2.05) is 0 Å². The highest BCUT2D eigenvalue weighted by atomic mass is 16.6. The van der Waals surface area contributed by atoms with Gasteiger partial charge in [-0.15, -0.1) is 0 Å². The number of carbonyl (C=O) groups excluding carboxylic acids is 2. The van der Waals surface area contributed by atoms with Crippen molar-refractivity contribution in [1.29, 1.82) is 0 Å². The van der Waals surface area contributed by atoms with Gasteiger partial charge in [0.05, 0.1) is 13.7 Å². The predicted octanol–water partition coefficient (Wildman–Crippen LogP) is 0.877. The molecule has 0 saturated heterocycles. The molecule has 0 aromatic rings. The molecule has 0 aliphatic heterocycles. The lowest BCUT2D eigenvalue weighted by Crippen LogP contribution is -2.43.